The predicted molar refractivity (Wildman–Crippen MR) is 103 cm³/mol. The smallest absolute Gasteiger partial charge is 0.254 e. The van der Waals surface area contributed by atoms with Crippen LogP contribution >= 0.6 is 12.4 Å². The van der Waals surface area contributed by atoms with E-state index in [4.69, 9.17) is 15.2 Å². The summed E-state index contributed by atoms with van der Waals surface area (Å²) in [5, 5.41) is 0. The number of ether oxygens (including phenoxy) is 2. The van der Waals surface area contributed by atoms with E-state index in [9.17, 15) is 4.79 Å². The van der Waals surface area contributed by atoms with Crippen molar-refractivity contribution in [3.05, 3.63) is 23.8 Å². The summed E-state index contributed by atoms with van der Waals surface area (Å²) in [7, 11) is 0. The molecule has 1 fully saturated rings. The van der Waals surface area contributed by atoms with Gasteiger partial charge in [-0.15, -0.1) is 12.4 Å². The van der Waals surface area contributed by atoms with Crippen LogP contribution in [-0.2, 0) is 0 Å². The minimum Gasteiger partial charge on any atom is -0.490 e. The van der Waals surface area contributed by atoms with Crippen LogP contribution < -0.4 is 15.2 Å². The lowest BCUT2D eigenvalue weighted by Crippen LogP contribution is -2.34. The summed E-state index contributed by atoms with van der Waals surface area (Å²) in [6, 6.07) is 5.47. The fraction of sp³-hybridized carbons (Fsp3) is 0.632. The predicted octanol–water partition coefficient (Wildman–Crippen LogP) is 3.50. The van der Waals surface area contributed by atoms with Crippen molar-refractivity contribution in [2.75, 3.05) is 32.8 Å². The van der Waals surface area contributed by atoms with Crippen molar-refractivity contribution in [3.63, 3.8) is 0 Å². The zero-order valence-corrected chi connectivity index (χ0v) is 16.4. The largest absolute Gasteiger partial charge is 0.490 e. The van der Waals surface area contributed by atoms with Crippen LogP contribution in [0, 0.1) is 5.41 Å². The Balaban J connectivity index is 0.00000312. The van der Waals surface area contributed by atoms with Crippen LogP contribution in [0.25, 0.3) is 0 Å². The Morgan fingerprint density at radius 3 is 2.40 bits per heavy atom. The second-order valence-corrected chi connectivity index (χ2v) is 6.85. The summed E-state index contributed by atoms with van der Waals surface area (Å²) in [5.41, 5.74) is 6.51. The van der Waals surface area contributed by atoms with Crippen LogP contribution in [0.3, 0.4) is 0 Å². The molecular weight excluding hydrogens is 340 g/mol. The Labute approximate surface area is 157 Å². The fourth-order valence-electron chi connectivity index (χ4n) is 2.84. The number of hydrogen-bond donors (Lipinski definition) is 1. The molecule has 1 unspecified atom stereocenters. The number of hydrogen-bond acceptors (Lipinski definition) is 4. The molecule has 0 aromatic heterocycles. The van der Waals surface area contributed by atoms with Gasteiger partial charge in [-0.1, -0.05) is 20.8 Å². The highest BCUT2D eigenvalue weighted by atomic mass is 35.5. The fourth-order valence-corrected chi connectivity index (χ4v) is 2.84. The maximum absolute atomic E-state index is 12.8. The third-order valence-corrected chi connectivity index (χ3v) is 4.45. The first kappa shape index (κ1) is 21.6. The lowest BCUT2D eigenvalue weighted by Gasteiger charge is -2.23. The van der Waals surface area contributed by atoms with Gasteiger partial charge in [0.2, 0.25) is 0 Å². The summed E-state index contributed by atoms with van der Waals surface area (Å²) in [5.74, 6) is 1.39. The highest BCUT2D eigenvalue weighted by molar-refractivity contribution is 5.95. The quantitative estimate of drug-likeness (QED) is 0.760. The highest BCUT2D eigenvalue weighted by Crippen LogP contribution is 2.32. The van der Waals surface area contributed by atoms with E-state index in [-0.39, 0.29) is 23.7 Å². The summed E-state index contributed by atoms with van der Waals surface area (Å²) in [4.78, 5) is 14.7. The van der Waals surface area contributed by atoms with Crippen molar-refractivity contribution in [1.29, 1.82) is 0 Å². The van der Waals surface area contributed by atoms with Crippen molar-refractivity contribution in [1.82, 2.24) is 4.90 Å². The van der Waals surface area contributed by atoms with E-state index in [2.05, 4.69) is 20.8 Å². The van der Waals surface area contributed by atoms with Crippen LogP contribution in [0.1, 0.15) is 50.4 Å². The van der Waals surface area contributed by atoms with Gasteiger partial charge in [0, 0.05) is 18.7 Å². The molecule has 1 atom stereocenters. The van der Waals surface area contributed by atoms with Gasteiger partial charge in [-0.3, -0.25) is 4.79 Å². The standard InChI is InChI=1S/C19H30N2O3.ClH/c1-4-10-23-16-7-6-15(12-17(16)24-11-5-2)18(22)21-9-8-19(3,13-20)14-21;/h6-7,12H,4-5,8-11,13-14,20H2,1-3H3;1H. The van der Waals surface area contributed by atoms with Gasteiger partial charge in [0.05, 0.1) is 13.2 Å². The van der Waals surface area contributed by atoms with Crippen molar-refractivity contribution in [3.8, 4) is 11.5 Å². The first-order valence-corrected chi connectivity index (χ1v) is 8.92. The van der Waals surface area contributed by atoms with E-state index in [1.807, 2.05) is 17.0 Å². The molecule has 5 nitrogen and oxygen atoms in total. The van der Waals surface area contributed by atoms with Gasteiger partial charge in [-0.25, -0.2) is 0 Å². The van der Waals surface area contributed by atoms with E-state index in [1.165, 1.54) is 0 Å². The second-order valence-electron chi connectivity index (χ2n) is 6.85. The zero-order valence-electron chi connectivity index (χ0n) is 15.5. The first-order chi connectivity index (χ1) is 11.5. The molecule has 142 valence electrons. The third kappa shape index (κ3) is 5.51. The molecule has 0 aliphatic carbocycles. The molecule has 1 saturated heterocycles. The number of carbonyl (C=O) groups excluding carboxylic acids is 1. The van der Waals surface area contributed by atoms with Crippen molar-refractivity contribution < 1.29 is 14.3 Å². The van der Waals surface area contributed by atoms with Crippen molar-refractivity contribution >= 4 is 18.3 Å². The molecule has 1 aliphatic rings. The molecular formula is C19H31ClN2O3. The summed E-state index contributed by atoms with van der Waals surface area (Å²) >= 11 is 0. The van der Waals surface area contributed by atoms with Crippen LogP contribution in [0.2, 0.25) is 0 Å². The average Bonchev–Trinajstić information content (AvgIpc) is 3.00. The Morgan fingerprint density at radius 1 is 1.20 bits per heavy atom. The Bertz CT molecular complexity index is 568. The van der Waals surface area contributed by atoms with Gasteiger partial charge in [0.25, 0.3) is 5.91 Å². The number of likely N-dealkylation sites (tertiary alicyclic amines) is 1. The number of nitrogens with two attached hydrogens (primary N) is 1. The van der Waals surface area contributed by atoms with Crippen LogP contribution in [0.5, 0.6) is 11.5 Å². The van der Waals surface area contributed by atoms with E-state index >= 15 is 0 Å². The maximum atomic E-state index is 12.8. The lowest BCUT2D eigenvalue weighted by atomic mass is 9.90. The Morgan fingerprint density at radius 2 is 1.84 bits per heavy atom. The maximum Gasteiger partial charge on any atom is 0.254 e. The van der Waals surface area contributed by atoms with Gasteiger partial charge in [-0.05, 0) is 49.4 Å². The molecule has 1 aromatic rings. The molecule has 0 spiro atoms. The Hall–Kier alpha value is -1.46. The summed E-state index contributed by atoms with van der Waals surface area (Å²) in [6.45, 7) is 9.56. The van der Waals surface area contributed by atoms with Crippen LogP contribution in [0.15, 0.2) is 18.2 Å². The van der Waals surface area contributed by atoms with E-state index in [1.54, 1.807) is 6.07 Å². The molecule has 2 rings (SSSR count). The molecule has 0 radical (unpaired) electrons. The van der Waals surface area contributed by atoms with Gasteiger partial charge in [-0.2, -0.15) is 0 Å². The van der Waals surface area contributed by atoms with Crippen LogP contribution in [0.4, 0.5) is 0 Å². The molecule has 25 heavy (non-hydrogen) atoms. The third-order valence-electron chi connectivity index (χ3n) is 4.45. The SMILES string of the molecule is CCCOc1ccc(C(=O)N2CCC(C)(CN)C2)cc1OCCC.Cl. The van der Waals surface area contributed by atoms with Gasteiger partial charge in [0.1, 0.15) is 0 Å². The minimum atomic E-state index is 0. The average molecular weight is 371 g/mol. The molecule has 1 aliphatic heterocycles. The normalized spacial score (nSPS) is 19.4. The van der Waals surface area contributed by atoms with E-state index in [0.717, 1.165) is 25.8 Å². The molecule has 1 aromatic carbocycles. The van der Waals surface area contributed by atoms with Crippen molar-refractivity contribution in [2.24, 2.45) is 11.1 Å². The number of halogens is 1. The number of rotatable bonds is 8. The molecule has 2 N–H and O–H groups in total. The second kappa shape index (κ2) is 9.88. The molecule has 0 bridgehead atoms. The Kier molecular flexibility index (Phi) is 8.53. The van der Waals surface area contributed by atoms with Crippen LogP contribution in [-0.4, -0.2) is 43.7 Å². The monoisotopic (exact) mass is 370 g/mol. The topological polar surface area (TPSA) is 64.8 Å². The van der Waals surface area contributed by atoms with Gasteiger partial charge < -0.3 is 20.1 Å². The summed E-state index contributed by atoms with van der Waals surface area (Å²) in [6.07, 6.45) is 2.79. The molecule has 1 amide bonds. The number of carbonyl (C=O) groups is 1. The van der Waals surface area contributed by atoms with Gasteiger partial charge >= 0.3 is 0 Å². The number of nitrogens with zero attached hydrogens (tertiary/aromatic N) is 1. The minimum absolute atomic E-state index is 0. The van der Waals surface area contributed by atoms with Gasteiger partial charge in [0.15, 0.2) is 11.5 Å². The number of benzene rings is 1. The van der Waals surface area contributed by atoms with E-state index < -0.39 is 0 Å². The molecule has 1 heterocycles. The zero-order chi connectivity index (χ0) is 17.6. The lowest BCUT2D eigenvalue weighted by molar-refractivity contribution is 0.0776. The van der Waals surface area contributed by atoms with Crippen molar-refractivity contribution in [2.45, 2.75) is 40.0 Å². The summed E-state index contributed by atoms with van der Waals surface area (Å²) < 4.78 is 11.5. The highest BCUT2D eigenvalue weighted by Gasteiger charge is 2.35. The molecule has 0 saturated carbocycles. The number of amides is 1. The first-order valence-electron chi connectivity index (χ1n) is 8.92. The molecule has 6 heteroatoms. The van der Waals surface area contributed by atoms with E-state index in [0.29, 0.717) is 43.4 Å².